The van der Waals surface area contributed by atoms with Gasteiger partial charge >= 0.3 is 6.85 Å². The molecule has 0 atom stereocenters. The van der Waals surface area contributed by atoms with E-state index in [0.29, 0.717) is 0 Å². The van der Waals surface area contributed by atoms with Gasteiger partial charge in [0, 0.05) is 43.9 Å². The van der Waals surface area contributed by atoms with E-state index >= 15 is 0 Å². The van der Waals surface area contributed by atoms with Crippen LogP contribution >= 0.6 is 0 Å². The van der Waals surface area contributed by atoms with Gasteiger partial charge in [0.05, 0.1) is 22.1 Å². The van der Waals surface area contributed by atoms with Crippen molar-refractivity contribution < 1.29 is 8.83 Å². The molecule has 7 aromatic carbocycles. The van der Waals surface area contributed by atoms with Gasteiger partial charge in [-0.15, -0.1) is 0 Å². The molecule has 0 saturated carbocycles. The van der Waals surface area contributed by atoms with Crippen LogP contribution in [-0.4, -0.2) is 11.4 Å². The Balaban J connectivity index is 1.24. The van der Waals surface area contributed by atoms with Crippen LogP contribution in [0.4, 0.5) is 11.4 Å². The van der Waals surface area contributed by atoms with E-state index < -0.39 is 0 Å². The van der Waals surface area contributed by atoms with E-state index in [-0.39, 0.29) is 33.9 Å². The zero-order chi connectivity index (χ0) is 46.9. The fourth-order valence-corrected chi connectivity index (χ4v) is 13.4. The number of furan rings is 2. The summed E-state index contributed by atoms with van der Waals surface area (Å²) in [6.07, 6.45) is 2.29. The minimum atomic E-state index is -0.291. The Labute approximate surface area is 400 Å². The molecule has 0 saturated heterocycles. The summed E-state index contributed by atoms with van der Waals surface area (Å²) in [5.74, 6) is 0. The number of benzene rings is 7. The molecule has 68 heavy (non-hydrogen) atoms. The van der Waals surface area contributed by atoms with E-state index in [0.717, 1.165) is 57.4 Å². The second kappa shape index (κ2) is 12.6. The van der Waals surface area contributed by atoms with E-state index in [1.165, 1.54) is 94.0 Å². The molecule has 5 heteroatoms. The molecule has 5 heterocycles. The van der Waals surface area contributed by atoms with Crippen LogP contribution in [0, 0.1) is 0 Å². The number of rotatable bonds is 1. The van der Waals surface area contributed by atoms with E-state index in [1.807, 2.05) is 0 Å². The highest BCUT2D eigenvalue weighted by atomic mass is 16.3. The molecule has 0 unspecified atom stereocenters. The van der Waals surface area contributed by atoms with Crippen LogP contribution in [0.3, 0.4) is 0 Å². The number of nitrogens with zero attached hydrogens (tertiary/aromatic N) is 2. The summed E-state index contributed by atoms with van der Waals surface area (Å²) in [5, 5.41) is 5.94. The Morgan fingerprint density at radius 3 is 1.94 bits per heavy atom. The molecule has 0 radical (unpaired) electrons. The Morgan fingerprint density at radius 1 is 0.544 bits per heavy atom. The smallest absolute Gasteiger partial charge is 0.376 e. The second-order valence-corrected chi connectivity index (χ2v) is 24.8. The summed E-state index contributed by atoms with van der Waals surface area (Å²) in [7, 11) is 0. The van der Waals surface area contributed by atoms with Crippen molar-refractivity contribution in [2.24, 2.45) is 0 Å². The highest BCUT2D eigenvalue weighted by molar-refractivity contribution is 6.93. The van der Waals surface area contributed by atoms with Crippen LogP contribution in [0.15, 0.2) is 124 Å². The largest absolute Gasteiger partial charge is 0.466 e. The molecular formula is C63H59BN2O2. The van der Waals surface area contributed by atoms with Crippen LogP contribution < -0.4 is 15.9 Å². The van der Waals surface area contributed by atoms with Crippen molar-refractivity contribution in [3.8, 4) is 27.9 Å². The Hall–Kier alpha value is -6.46. The van der Waals surface area contributed by atoms with Gasteiger partial charge in [-0.3, -0.25) is 0 Å². The van der Waals surface area contributed by atoms with Gasteiger partial charge in [0.2, 0.25) is 0 Å². The average Bonchev–Trinajstić information content (AvgIpc) is 4.03. The summed E-state index contributed by atoms with van der Waals surface area (Å²) in [4.78, 5) is 2.65. The standard InChI is InChI=1S/C63H59BN2O2/c1-59(2,3)34-21-24-36(25-22-34)66-48-32-39-37-17-13-15-19-43(37)63(11,12)44(39)30-41(48)51-52-38-18-14-16-20-49(38)67-57(52)53-40-31-45-46(62(9,10)28-27-61(45,7)8)33-47(40)65-55-42-29-35(60(4,5)6)23-26-50(42)68-58(55)64(66)54(51)56(53)65/h13-26,29-33H,27-28H2,1-12H3. The summed E-state index contributed by atoms with van der Waals surface area (Å²) in [6, 6.07) is 44.4. The van der Waals surface area contributed by atoms with Gasteiger partial charge in [0.1, 0.15) is 22.4 Å². The van der Waals surface area contributed by atoms with Crippen molar-refractivity contribution in [1.29, 1.82) is 0 Å². The molecule has 14 rings (SSSR count). The number of anilines is 2. The third kappa shape index (κ3) is 5.02. The van der Waals surface area contributed by atoms with Gasteiger partial charge in [-0.25, -0.2) is 0 Å². The van der Waals surface area contributed by atoms with Crippen LogP contribution in [0.1, 0.15) is 129 Å². The van der Waals surface area contributed by atoms with E-state index in [2.05, 4.69) is 208 Å². The monoisotopic (exact) mass is 886 g/mol. The van der Waals surface area contributed by atoms with Crippen molar-refractivity contribution in [3.05, 3.63) is 149 Å². The zero-order valence-corrected chi connectivity index (χ0v) is 41.7. The highest BCUT2D eigenvalue weighted by Crippen LogP contribution is 2.58. The lowest BCUT2D eigenvalue weighted by Gasteiger charge is -2.42. The lowest BCUT2D eigenvalue weighted by atomic mass is 9.46. The molecule has 336 valence electrons. The SMILES string of the molecule is CC(C)(C)c1ccc(N2B3c4oc5ccc(C(C)(C)C)cc5c4-n4c5cc6c(cc5c5c7oc8ccccc8c7c(c3c54)-c3cc4c(cc32)-c2ccccc2C4(C)C)C(C)(C)CCC6(C)C)cc1. The lowest BCUT2D eigenvalue weighted by Crippen LogP contribution is -2.60. The molecule has 0 spiro atoms. The van der Waals surface area contributed by atoms with Crippen molar-refractivity contribution in [2.45, 2.75) is 123 Å². The van der Waals surface area contributed by atoms with Crippen molar-refractivity contribution in [1.82, 2.24) is 4.57 Å². The second-order valence-electron chi connectivity index (χ2n) is 24.8. The molecule has 0 bridgehead atoms. The maximum Gasteiger partial charge on any atom is 0.376 e. The third-order valence-corrected chi connectivity index (χ3v) is 17.3. The number of para-hydroxylation sites is 1. The van der Waals surface area contributed by atoms with Gasteiger partial charge in [-0.1, -0.05) is 144 Å². The number of hydrogen-bond donors (Lipinski definition) is 0. The first-order chi connectivity index (χ1) is 32.2. The lowest BCUT2D eigenvalue weighted by molar-refractivity contribution is 0.332. The molecule has 10 aromatic rings. The van der Waals surface area contributed by atoms with Crippen LogP contribution in [-0.2, 0) is 27.1 Å². The molecule has 2 aliphatic heterocycles. The van der Waals surface area contributed by atoms with Crippen LogP contribution in [0.2, 0.25) is 0 Å². The molecule has 2 aliphatic carbocycles. The molecule has 0 amide bonds. The first kappa shape index (κ1) is 40.6. The summed E-state index contributed by atoms with van der Waals surface area (Å²) >= 11 is 0. The van der Waals surface area contributed by atoms with Crippen molar-refractivity contribution in [2.75, 3.05) is 4.81 Å². The summed E-state index contributed by atoms with van der Waals surface area (Å²) in [6.45, 7) is 28.2. The average molecular weight is 887 g/mol. The van der Waals surface area contributed by atoms with E-state index in [4.69, 9.17) is 8.83 Å². The molecular weight excluding hydrogens is 828 g/mol. The molecule has 3 aromatic heterocycles. The fourth-order valence-electron chi connectivity index (χ4n) is 13.4. The minimum Gasteiger partial charge on any atom is -0.466 e. The van der Waals surface area contributed by atoms with Gasteiger partial charge < -0.3 is 18.2 Å². The predicted octanol–water partition coefficient (Wildman–Crippen LogP) is 15.9. The topological polar surface area (TPSA) is 34.5 Å². The maximum atomic E-state index is 7.57. The third-order valence-electron chi connectivity index (χ3n) is 17.3. The number of aromatic nitrogens is 1. The van der Waals surface area contributed by atoms with Crippen molar-refractivity contribution in [3.63, 3.8) is 0 Å². The minimum absolute atomic E-state index is 0.00585. The normalized spacial score (nSPS) is 17.3. The Kier molecular flexibility index (Phi) is 7.52. The fraction of sp³-hybridized carbons (Fsp3) is 0.302. The van der Waals surface area contributed by atoms with E-state index in [9.17, 15) is 0 Å². The molecule has 0 N–H and O–H groups in total. The zero-order valence-electron chi connectivity index (χ0n) is 41.7. The van der Waals surface area contributed by atoms with Crippen LogP contribution in [0.5, 0.6) is 0 Å². The summed E-state index contributed by atoms with van der Waals surface area (Å²) in [5.41, 5.74) is 24.1. The van der Waals surface area contributed by atoms with Gasteiger partial charge in [-0.2, -0.15) is 0 Å². The van der Waals surface area contributed by atoms with Gasteiger partial charge in [0.25, 0.3) is 0 Å². The van der Waals surface area contributed by atoms with Gasteiger partial charge in [0.15, 0.2) is 0 Å². The van der Waals surface area contributed by atoms with Gasteiger partial charge in [-0.05, 0) is 145 Å². The van der Waals surface area contributed by atoms with Crippen LogP contribution in [0.25, 0.3) is 82.7 Å². The Morgan fingerprint density at radius 2 is 1.21 bits per heavy atom. The first-order valence-corrected chi connectivity index (χ1v) is 25.0. The molecule has 4 nitrogen and oxygen atoms in total. The maximum absolute atomic E-state index is 7.57. The first-order valence-electron chi connectivity index (χ1n) is 25.0. The number of fused-ring (bicyclic) bond motifs is 19. The quantitative estimate of drug-likeness (QED) is 0.154. The van der Waals surface area contributed by atoms with E-state index in [1.54, 1.807) is 0 Å². The Bertz CT molecular complexity index is 3910. The van der Waals surface area contributed by atoms with Crippen molar-refractivity contribution >= 4 is 84.1 Å². The highest BCUT2D eigenvalue weighted by Gasteiger charge is 2.51. The summed E-state index contributed by atoms with van der Waals surface area (Å²) < 4.78 is 17.6. The predicted molar refractivity (Wildman–Crippen MR) is 287 cm³/mol. The molecule has 4 aliphatic rings. The number of hydrogen-bond acceptors (Lipinski definition) is 3. The molecule has 0 fully saturated rings.